The molecule has 0 aliphatic carbocycles. The van der Waals surface area contributed by atoms with Crippen molar-refractivity contribution < 1.29 is 28.1 Å². The van der Waals surface area contributed by atoms with E-state index in [1.54, 1.807) is 0 Å². The fraction of sp³-hybridized carbons (Fsp3) is 0.417. The van der Waals surface area contributed by atoms with Crippen LogP contribution in [-0.4, -0.2) is 59.8 Å². The number of benzene rings is 2. The Kier molecular flexibility index (Phi) is 8.78. The van der Waals surface area contributed by atoms with Crippen molar-refractivity contribution >= 4 is 11.4 Å². The molecule has 4 unspecified atom stereocenters. The van der Waals surface area contributed by atoms with Crippen molar-refractivity contribution in [1.29, 1.82) is 0 Å². The predicted octanol–water partition coefficient (Wildman–Crippen LogP) is 2.33. The van der Waals surface area contributed by atoms with Gasteiger partial charge in [-0.25, -0.2) is 19.0 Å². The lowest BCUT2D eigenvalue weighted by Crippen LogP contribution is -2.57. The fourth-order valence-electron chi connectivity index (χ4n) is 4.10. The maximum Gasteiger partial charge on any atom is 0.194 e. The Morgan fingerprint density at radius 3 is 2.44 bits per heavy atom. The minimum atomic E-state index is -1.59. The molecule has 186 valence electrons. The van der Waals surface area contributed by atoms with E-state index < -0.39 is 42.3 Å². The zero-order chi connectivity index (χ0) is 24.8. The topological polar surface area (TPSA) is 108 Å². The summed E-state index contributed by atoms with van der Waals surface area (Å²) in [5.74, 6) is 1.79. The van der Waals surface area contributed by atoms with E-state index in [4.69, 9.17) is 16.3 Å². The molecule has 2 aromatic rings. The summed E-state index contributed by atoms with van der Waals surface area (Å²) < 4.78 is 46.2. The van der Waals surface area contributed by atoms with Crippen LogP contribution in [0.1, 0.15) is 24.8 Å². The molecule has 0 aromatic heterocycles. The standard InChI is InChI=1S/C24H31F3N4O3/c1-30(16-6-3-2-4-7-16)9-5-8-17-12-21(24(33)22(14-32)34-17)31(29)13-20(28)15-10-18(25)23(27)19(26)11-15/h2-4,6-7,10-11,13,17,21-22,24,32-33H,5,8-9,12,14,28-29H2,1H3/b20-13-. The van der Waals surface area contributed by atoms with Crippen LogP contribution < -0.4 is 16.5 Å². The van der Waals surface area contributed by atoms with Gasteiger partial charge in [0.25, 0.3) is 0 Å². The van der Waals surface area contributed by atoms with Gasteiger partial charge in [-0.2, -0.15) is 0 Å². The van der Waals surface area contributed by atoms with Gasteiger partial charge in [-0.1, -0.05) is 18.2 Å². The second-order valence-electron chi connectivity index (χ2n) is 8.46. The monoisotopic (exact) mass is 480 g/mol. The number of para-hydroxylation sites is 1. The molecule has 0 bridgehead atoms. The van der Waals surface area contributed by atoms with E-state index in [1.165, 1.54) is 6.20 Å². The number of nitrogens with zero attached hydrogens (tertiary/aromatic N) is 2. The van der Waals surface area contributed by atoms with E-state index in [2.05, 4.69) is 4.90 Å². The number of hydrazine groups is 1. The summed E-state index contributed by atoms with van der Waals surface area (Å²) in [6.45, 7) is 0.376. The Balaban J connectivity index is 1.65. The van der Waals surface area contributed by atoms with Crippen LogP contribution in [0.2, 0.25) is 0 Å². The molecular formula is C24H31F3N4O3. The minimum absolute atomic E-state index is 0.0902. The van der Waals surface area contributed by atoms with Crippen LogP contribution in [-0.2, 0) is 4.74 Å². The second kappa shape index (κ2) is 11.6. The van der Waals surface area contributed by atoms with E-state index in [0.717, 1.165) is 35.8 Å². The lowest BCUT2D eigenvalue weighted by molar-refractivity contribution is -0.162. The summed E-state index contributed by atoms with van der Waals surface area (Å²) in [7, 11) is 2.00. The molecule has 34 heavy (non-hydrogen) atoms. The van der Waals surface area contributed by atoms with Crippen molar-refractivity contribution in [3.63, 3.8) is 0 Å². The number of rotatable bonds is 9. The van der Waals surface area contributed by atoms with Gasteiger partial charge in [0.05, 0.1) is 24.4 Å². The van der Waals surface area contributed by atoms with Gasteiger partial charge in [0.15, 0.2) is 17.5 Å². The highest BCUT2D eigenvalue weighted by Crippen LogP contribution is 2.27. The lowest BCUT2D eigenvalue weighted by atomic mass is 9.93. The molecule has 3 rings (SSSR count). The number of hydrogen-bond acceptors (Lipinski definition) is 7. The Morgan fingerprint density at radius 1 is 1.18 bits per heavy atom. The third-order valence-corrected chi connectivity index (χ3v) is 6.03. The fourth-order valence-corrected chi connectivity index (χ4v) is 4.10. The molecule has 1 heterocycles. The van der Waals surface area contributed by atoms with Crippen molar-refractivity contribution in [1.82, 2.24) is 5.01 Å². The van der Waals surface area contributed by atoms with Gasteiger partial charge in [0.2, 0.25) is 0 Å². The molecule has 6 N–H and O–H groups in total. The normalized spacial score (nSPS) is 23.1. The number of halogens is 3. The van der Waals surface area contributed by atoms with Crippen molar-refractivity contribution in [2.75, 3.05) is 25.1 Å². The van der Waals surface area contributed by atoms with Crippen LogP contribution in [0.15, 0.2) is 48.7 Å². The highest BCUT2D eigenvalue weighted by Gasteiger charge is 2.39. The second-order valence-corrected chi connectivity index (χ2v) is 8.46. The summed E-state index contributed by atoms with van der Waals surface area (Å²) in [4.78, 5) is 2.12. The maximum atomic E-state index is 13.6. The highest BCUT2D eigenvalue weighted by atomic mass is 19.2. The van der Waals surface area contributed by atoms with Crippen LogP contribution in [0, 0.1) is 17.5 Å². The molecule has 1 saturated heterocycles. The van der Waals surface area contributed by atoms with Crippen molar-refractivity contribution in [3.8, 4) is 0 Å². The average Bonchev–Trinajstić information content (AvgIpc) is 2.83. The average molecular weight is 481 g/mol. The molecule has 1 aliphatic heterocycles. The summed E-state index contributed by atoms with van der Waals surface area (Å²) in [5.41, 5.74) is 6.82. The Hall–Kier alpha value is -2.79. The van der Waals surface area contributed by atoms with Crippen LogP contribution in [0.5, 0.6) is 0 Å². The van der Waals surface area contributed by atoms with Gasteiger partial charge < -0.3 is 30.6 Å². The molecule has 0 radical (unpaired) electrons. The van der Waals surface area contributed by atoms with Gasteiger partial charge in [-0.05, 0) is 43.5 Å². The first-order valence-electron chi connectivity index (χ1n) is 11.1. The molecule has 0 amide bonds. The third-order valence-electron chi connectivity index (χ3n) is 6.03. The first kappa shape index (κ1) is 25.8. The van der Waals surface area contributed by atoms with E-state index >= 15 is 0 Å². The van der Waals surface area contributed by atoms with Crippen molar-refractivity contribution in [2.45, 2.75) is 43.6 Å². The van der Waals surface area contributed by atoms with E-state index in [0.29, 0.717) is 12.8 Å². The van der Waals surface area contributed by atoms with Crippen LogP contribution in [0.25, 0.3) is 5.70 Å². The number of ether oxygens (including phenoxy) is 1. The minimum Gasteiger partial charge on any atom is -0.397 e. The van der Waals surface area contributed by atoms with Gasteiger partial charge in [0, 0.05) is 31.0 Å². The Bertz CT molecular complexity index is 956. The number of nitrogens with two attached hydrogens (primary N) is 2. The van der Waals surface area contributed by atoms with E-state index in [1.807, 2.05) is 37.4 Å². The third kappa shape index (κ3) is 6.20. The predicted molar refractivity (Wildman–Crippen MR) is 124 cm³/mol. The van der Waals surface area contributed by atoms with Crippen LogP contribution >= 0.6 is 0 Å². The summed E-state index contributed by atoms with van der Waals surface area (Å²) >= 11 is 0. The molecule has 10 heteroatoms. The molecule has 1 aliphatic rings. The van der Waals surface area contributed by atoms with E-state index in [9.17, 15) is 23.4 Å². The smallest absolute Gasteiger partial charge is 0.194 e. The van der Waals surface area contributed by atoms with Gasteiger partial charge in [0.1, 0.15) is 12.2 Å². The molecule has 0 saturated carbocycles. The van der Waals surface area contributed by atoms with Gasteiger partial charge in [-0.3, -0.25) is 0 Å². The SMILES string of the molecule is CN(CCCC1CC(N(N)/C=C(\N)c2cc(F)c(F)c(F)c2)C(O)C(CO)O1)c1ccccc1. The summed E-state index contributed by atoms with van der Waals surface area (Å²) in [6.07, 6.45) is 0.780. The Labute approximate surface area is 197 Å². The Morgan fingerprint density at radius 2 is 1.82 bits per heavy atom. The zero-order valence-corrected chi connectivity index (χ0v) is 18.9. The van der Waals surface area contributed by atoms with Crippen molar-refractivity contribution in [3.05, 3.63) is 71.7 Å². The van der Waals surface area contributed by atoms with Gasteiger partial charge >= 0.3 is 0 Å². The number of aliphatic hydroxyl groups excluding tert-OH is 2. The van der Waals surface area contributed by atoms with Crippen LogP contribution in [0.4, 0.5) is 18.9 Å². The quantitative estimate of drug-likeness (QED) is 0.248. The first-order chi connectivity index (χ1) is 16.2. The molecule has 7 nitrogen and oxygen atoms in total. The number of anilines is 1. The highest BCUT2D eigenvalue weighted by molar-refractivity contribution is 5.62. The maximum absolute atomic E-state index is 13.6. The molecule has 4 atom stereocenters. The number of aliphatic hydroxyl groups is 2. The molecule has 2 aromatic carbocycles. The summed E-state index contributed by atoms with van der Waals surface area (Å²) in [6, 6.07) is 10.8. The van der Waals surface area contributed by atoms with Crippen LogP contribution in [0.3, 0.4) is 0 Å². The van der Waals surface area contributed by atoms with E-state index in [-0.39, 0.29) is 17.4 Å². The molecular weight excluding hydrogens is 449 g/mol. The molecule has 0 spiro atoms. The zero-order valence-electron chi connectivity index (χ0n) is 18.9. The lowest BCUT2D eigenvalue weighted by Gasteiger charge is -2.42. The van der Waals surface area contributed by atoms with Crippen molar-refractivity contribution in [2.24, 2.45) is 11.6 Å². The van der Waals surface area contributed by atoms with Gasteiger partial charge in [-0.15, -0.1) is 0 Å². The molecule has 1 fully saturated rings. The summed E-state index contributed by atoms with van der Waals surface area (Å²) in [5, 5.41) is 21.5. The largest absolute Gasteiger partial charge is 0.397 e. The number of hydrogen-bond donors (Lipinski definition) is 4. The first-order valence-corrected chi connectivity index (χ1v) is 11.1.